The van der Waals surface area contributed by atoms with Gasteiger partial charge in [0.15, 0.2) is 0 Å². The molecule has 0 bridgehead atoms. The fourth-order valence-corrected chi connectivity index (χ4v) is 23.4. The molecule has 2 atom stereocenters. The first-order valence-electron chi connectivity index (χ1n) is 32.5. The van der Waals surface area contributed by atoms with E-state index in [1.54, 1.807) is 0 Å². The van der Waals surface area contributed by atoms with E-state index in [2.05, 4.69) is 34.6 Å². The molecule has 14 heteroatoms. The Balaban J connectivity index is 2.38. The number of unbranched alkanes of at least 4 members (excludes halogenated alkanes) is 37. The number of carbonyl (C=O) groups is 6. The van der Waals surface area contributed by atoms with Crippen LogP contribution in [0.3, 0.4) is 0 Å². The molecule has 78 heavy (non-hydrogen) atoms. The van der Waals surface area contributed by atoms with Crippen molar-refractivity contribution in [2.45, 2.75) is 332 Å². The van der Waals surface area contributed by atoms with Gasteiger partial charge in [-0.05, 0) is 0 Å². The molecular formula is C64H112O12Sn2. The van der Waals surface area contributed by atoms with Gasteiger partial charge in [0, 0.05) is 0 Å². The number of carbonyl (C=O) groups excluding carboxylic acids is 6. The van der Waals surface area contributed by atoms with Crippen molar-refractivity contribution in [1.29, 1.82) is 0 Å². The molecule has 2 aliphatic heterocycles. The summed E-state index contributed by atoms with van der Waals surface area (Å²) in [5.41, 5.74) is 0.411. The second-order valence-corrected chi connectivity index (χ2v) is 36.8. The molecule has 0 spiro atoms. The summed E-state index contributed by atoms with van der Waals surface area (Å²) in [6.07, 6.45) is 48.3. The van der Waals surface area contributed by atoms with E-state index in [4.69, 9.17) is 18.4 Å². The maximum absolute atomic E-state index is 14.7. The van der Waals surface area contributed by atoms with Crippen molar-refractivity contribution < 1.29 is 47.2 Å². The Morgan fingerprint density at radius 1 is 0.372 bits per heavy atom. The molecular weight excluding hydrogens is 1200 g/mol. The fourth-order valence-electron chi connectivity index (χ4n) is 10.4. The summed E-state index contributed by atoms with van der Waals surface area (Å²) in [5.74, 6) is -4.75. The van der Waals surface area contributed by atoms with Gasteiger partial charge in [-0.1, -0.05) is 59.3 Å². The van der Waals surface area contributed by atoms with Gasteiger partial charge in [0.1, 0.15) is 0 Å². The maximum atomic E-state index is 14.7. The van der Waals surface area contributed by atoms with Crippen LogP contribution in [0.4, 0.5) is 0 Å². The van der Waals surface area contributed by atoms with Gasteiger partial charge in [0.25, 0.3) is 0 Å². The molecule has 0 fully saturated rings. The van der Waals surface area contributed by atoms with E-state index in [-0.39, 0.29) is 32.0 Å². The third-order valence-corrected chi connectivity index (χ3v) is 29.4. The number of hydrogen-bond acceptors (Lipinski definition) is 12. The molecule has 0 aliphatic carbocycles. The third kappa shape index (κ3) is 34.8. The molecule has 0 aromatic heterocycles. The Kier molecular flexibility index (Phi) is 43.4. The predicted molar refractivity (Wildman–Crippen MR) is 318 cm³/mol. The van der Waals surface area contributed by atoms with Crippen LogP contribution in [0.15, 0.2) is 34.9 Å². The molecule has 0 aromatic rings. The van der Waals surface area contributed by atoms with Gasteiger partial charge in [0.2, 0.25) is 0 Å². The van der Waals surface area contributed by atoms with E-state index in [9.17, 15) is 28.8 Å². The van der Waals surface area contributed by atoms with Crippen LogP contribution in [0, 0.1) is 0 Å². The summed E-state index contributed by atoms with van der Waals surface area (Å²) >= 11 is -10.8. The first kappa shape index (κ1) is 71.7. The van der Waals surface area contributed by atoms with Crippen molar-refractivity contribution >= 4 is 75.1 Å². The zero-order chi connectivity index (χ0) is 56.8. The van der Waals surface area contributed by atoms with Crippen LogP contribution in [0.2, 0.25) is 8.87 Å². The zero-order valence-electron chi connectivity index (χ0n) is 50.4. The molecule has 2 rings (SSSR count). The standard InChI is InChI=1S/3C16H28O4.2C8H17.2Sn/c3*1-2-3-4-5-6-7-8-9-10-11-12-14(16(19)20)13-15(17)18;2*1-3-5-7-8-6-4-2;;/h3*13H,2-12H2,1H3,(H,17,18)(H,19,20);2*1,3-8H2,2H3;;/q;;;;;2*+3/p-6/b14-13-;;;;;;. The quantitative estimate of drug-likeness (QED) is 0.0323. The van der Waals surface area contributed by atoms with Crippen molar-refractivity contribution in [2.24, 2.45) is 0 Å². The van der Waals surface area contributed by atoms with Crippen LogP contribution >= 0.6 is 0 Å². The molecule has 2 aliphatic rings. The number of hydrogen-bond donors (Lipinski definition) is 0. The van der Waals surface area contributed by atoms with Crippen molar-refractivity contribution in [3.05, 3.63) is 34.9 Å². The first-order valence-corrected chi connectivity index (χ1v) is 43.5. The molecule has 2 heterocycles. The molecule has 448 valence electrons. The molecule has 0 radical (unpaired) electrons. The van der Waals surface area contributed by atoms with Crippen molar-refractivity contribution in [3.63, 3.8) is 0 Å². The Hall–Kier alpha value is -2.36. The second kappa shape index (κ2) is 47.2. The normalized spacial score (nSPS) is 17.8. The molecule has 12 nitrogen and oxygen atoms in total. The topological polar surface area (TPSA) is 158 Å². The Labute approximate surface area is 486 Å². The minimum absolute atomic E-state index is 0.0273. The van der Waals surface area contributed by atoms with Crippen LogP contribution < -0.4 is 0 Å². The fraction of sp³-hybridized carbons (Fsp3) is 0.812. The molecule has 0 amide bonds. The summed E-state index contributed by atoms with van der Waals surface area (Å²) in [7, 11) is 0. The van der Waals surface area contributed by atoms with Crippen LogP contribution in [0.5, 0.6) is 0 Å². The van der Waals surface area contributed by atoms with Gasteiger partial charge >= 0.3 is 430 Å². The van der Waals surface area contributed by atoms with Gasteiger partial charge < -0.3 is 0 Å². The van der Waals surface area contributed by atoms with Crippen molar-refractivity contribution in [3.8, 4) is 0 Å². The molecule has 0 N–H and O–H groups in total. The van der Waals surface area contributed by atoms with E-state index in [1.807, 2.05) is 0 Å². The SMILES string of the molecule is CCCCCCCCCCCCC1=CC(=O)[O][Sn]([CH2]CCCCCCC)([O]C(=O)/C=C(/CCCCCCCCCCCC)C(=O)[O][Sn]2([CH2]CCCCCCC)[O]C(=O)C=C(CCCCCCCCCCCC)C(=O)[O]2)[O]C1=O. The second-order valence-electron chi connectivity index (χ2n) is 22.6. The Morgan fingerprint density at radius 2 is 0.654 bits per heavy atom. The van der Waals surface area contributed by atoms with Crippen LogP contribution in [-0.4, -0.2) is 75.1 Å². The van der Waals surface area contributed by atoms with Gasteiger partial charge in [0.05, 0.1) is 0 Å². The summed E-state index contributed by atoms with van der Waals surface area (Å²) in [6.45, 7) is 10.9. The third-order valence-electron chi connectivity index (χ3n) is 15.2. The molecule has 0 saturated carbocycles. The summed E-state index contributed by atoms with van der Waals surface area (Å²) in [5, 5.41) is 0. The Bertz CT molecular complexity index is 1760. The monoisotopic (exact) mass is 1310 g/mol. The average molecular weight is 1310 g/mol. The van der Waals surface area contributed by atoms with Crippen molar-refractivity contribution in [1.82, 2.24) is 0 Å². The predicted octanol–water partition coefficient (Wildman–Crippen LogP) is 18.6. The summed E-state index contributed by atoms with van der Waals surface area (Å²) in [6, 6.07) is 0. The van der Waals surface area contributed by atoms with E-state index in [0.29, 0.717) is 44.9 Å². The number of rotatable bonds is 51. The van der Waals surface area contributed by atoms with Gasteiger partial charge in [-0.3, -0.25) is 0 Å². The molecule has 0 saturated heterocycles. The van der Waals surface area contributed by atoms with Gasteiger partial charge in [-0.15, -0.1) is 0 Å². The van der Waals surface area contributed by atoms with Gasteiger partial charge in [-0.2, -0.15) is 0 Å². The summed E-state index contributed by atoms with van der Waals surface area (Å²) < 4.78 is 37.0. The van der Waals surface area contributed by atoms with E-state index in [0.717, 1.165) is 134 Å². The minimum atomic E-state index is -5.41. The van der Waals surface area contributed by atoms with E-state index >= 15 is 0 Å². The van der Waals surface area contributed by atoms with Crippen LogP contribution in [-0.2, 0) is 47.2 Å². The summed E-state index contributed by atoms with van der Waals surface area (Å²) in [4.78, 5) is 84.1. The van der Waals surface area contributed by atoms with Gasteiger partial charge in [-0.25, -0.2) is 0 Å². The molecule has 2 unspecified atom stereocenters. The zero-order valence-corrected chi connectivity index (χ0v) is 56.1. The van der Waals surface area contributed by atoms with Crippen molar-refractivity contribution in [2.75, 3.05) is 0 Å². The molecule has 0 aromatic carbocycles. The van der Waals surface area contributed by atoms with Crippen LogP contribution in [0.25, 0.3) is 0 Å². The van der Waals surface area contributed by atoms with Crippen LogP contribution in [0.1, 0.15) is 324 Å². The first-order chi connectivity index (χ1) is 38.0. The van der Waals surface area contributed by atoms with E-state index < -0.39 is 75.1 Å². The van der Waals surface area contributed by atoms with E-state index in [1.165, 1.54) is 121 Å². The average Bonchev–Trinajstić information content (AvgIpc) is 3.60. The Morgan fingerprint density at radius 3 is 0.987 bits per heavy atom.